The molecule has 2 atom stereocenters. The molecule has 3 rings (SSSR count). The van der Waals surface area contributed by atoms with Crippen LogP contribution in [-0.4, -0.2) is 31.1 Å². The van der Waals surface area contributed by atoms with Gasteiger partial charge in [0, 0.05) is 5.92 Å². The number of rotatable bonds is 7. The Bertz CT molecular complexity index is 434. The van der Waals surface area contributed by atoms with Gasteiger partial charge in [0.15, 0.2) is 0 Å². The third kappa shape index (κ3) is 4.33. The highest BCUT2D eigenvalue weighted by Gasteiger charge is 2.36. The van der Waals surface area contributed by atoms with Crippen LogP contribution in [0.15, 0.2) is 16.5 Å². The van der Waals surface area contributed by atoms with Crippen LogP contribution in [0.1, 0.15) is 57.0 Å². The van der Waals surface area contributed by atoms with Crippen molar-refractivity contribution in [2.24, 2.45) is 11.8 Å². The number of likely N-dealkylation sites (tertiary alicyclic amines) is 1. The van der Waals surface area contributed by atoms with E-state index in [2.05, 4.69) is 36.2 Å². The molecular formula is C18H30N2O. The maximum atomic E-state index is 5.91. The maximum absolute atomic E-state index is 5.91. The fourth-order valence-electron chi connectivity index (χ4n) is 3.33. The second kappa shape index (κ2) is 6.97. The van der Waals surface area contributed by atoms with E-state index in [-0.39, 0.29) is 0 Å². The van der Waals surface area contributed by atoms with Gasteiger partial charge in [-0.3, -0.25) is 0 Å². The van der Waals surface area contributed by atoms with E-state index >= 15 is 0 Å². The van der Waals surface area contributed by atoms with Crippen LogP contribution in [0.25, 0.3) is 0 Å². The Labute approximate surface area is 129 Å². The second-order valence-corrected chi connectivity index (χ2v) is 7.18. The molecule has 1 saturated heterocycles. The van der Waals surface area contributed by atoms with Crippen LogP contribution in [0.4, 0.5) is 0 Å². The van der Waals surface area contributed by atoms with E-state index in [9.17, 15) is 0 Å². The minimum atomic E-state index is 0.695. The third-order valence-corrected chi connectivity index (χ3v) is 5.16. The minimum absolute atomic E-state index is 0.695. The summed E-state index contributed by atoms with van der Waals surface area (Å²) in [4.78, 5) is 2.61. The normalized spacial score (nSPS) is 27.1. The molecule has 1 aromatic heterocycles. The zero-order valence-corrected chi connectivity index (χ0v) is 13.6. The highest BCUT2D eigenvalue weighted by Crippen LogP contribution is 2.47. The summed E-state index contributed by atoms with van der Waals surface area (Å²) in [5.41, 5.74) is 0. The number of piperidine rings is 1. The van der Waals surface area contributed by atoms with Crippen LogP contribution in [0.5, 0.6) is 0 Å². The average Bonchev–Trinajstić information content (AvgIpc) is 3.03. The molecule has 1 aromatic rings. The van der Waals surface area contributed by atoms with Gasteiger partial charge in [-0.15, -0.1) is 0 Å². The van der Waals surface area contributed by atoms with Crippen LogP contribution in [0, 0.1) is 11.8 Å². The molecule has 0 aromatic carbocycles. The van der Waals surface area contributed by atoms with E-state index in [1.165, 1.54) is 51.1 Å². The molecule has 1 saturated carbocycles. The lowest BCUT2D eigenvalue weighted by Crippen LogP contribution is -2.34. The van der Waals surface area contributed by atoms with E-state index in [4.69, 9.17) is 4.42 Å². The molecule has 1 N–H and O–H groups in total. The number of furan rings is 1. The molecule has 1 aliphatic heterocycles. The van der Waals surface area contributed by atoms with Crippen molar-refractivity contribution in [3.8, 4) is 0 Å². The summed E-state index contributed by atoms with van der Waals surface area (Å²) in [7, 11) is 0. The lowest BCUT2D eigenvalue weighted by Gasteiger charge is -2.30. The molecule has 3 nitrogen and oxygen atoms in total. The van der Waals surface area contributed by atoms with Crippen LogP contribution >= 0.6 is 0 Å². The summed E-state index contributed by atoms with van der Waals surface area (Å²) in [6, 6.07) is 4.31. The number of hydrogen-bond acceptors (Lipinski definition) is 3. The molecule has 1 aliphatic carbocycles. The van der Waals surface area contributed by atoms with Gasteiger partial charge in [0.1, 0.15) is 11.5 Å². The van der Waals surface area contributed by atoms with Crippen molar-refractivity contribution in [3.63, 3.8) is 0 Å². The number of nitrogens with one attached hydrogen (secondary N) is 1. The van der Waals surface area contributed by atoms with Gasteiger partial charge in [-0.25, -0.2) is 0 Å². The SMILES string of the molecule is CC1CCN(CCCNCc2ccc(C3CC3C)o2)CC1. The van der Waals surface area contributed by atoms with Crippen LogP contribution in [0.2, 0.25) is 0 Å². The summed E-state index contributed by atoms with van der Waals surface area (Å²) in [6.45, 7) is 10.5. The van der Waals surface area contributed by atoms with Gasteiger partial charge in [-0.05, 0) is 75.8 Å². The molecule has 0 spiro atoms. The molecule has 21 heavy (non-hydrogen) atoms. The Balaban J connectivity index is 1.27. The molecule has 0 amide bonds. The predicted octanol–water partition coefficient (Wildman–Crippen LogP) is 3.61. The van der Waals surface area contributed by atoms with Gasteiger partial charge >= 0.3 is 0 Å². The van der Waals surface area contributed by atoms with Crippen molar-refractivity contribution in [1.29, 1.82) is 0 Å². The predicted molar refractivity (Wildman–Crippen MR) is 86.4 cm³/mol. The summed E-state index contributed by atoms with van der Waals surface area (Å²) in [5.74, 6) is 4.74. The Morgan fingerprint density at radius 3 is 2.71 bits per heavy atom. The van der Waals surface area contributed by atoms with E-state index in [1.807, 2.05) is 0 Å². The molecule has 2 heterocycles. The molecule has 3 heteroatoms. The molecule has 2 aliphatic rings. The van der Waals surface area contributed by atoms with E-state index in [0.717, 1.165) is 30.7 Å². The first-order valence-electron chi connectivity index (χ1n) is 8.74. The van der Waals surface area contributed by atoms with Crippen molar-refractivity contribution in [2.45, 2.75) is 52.0 Å². The third-order valence-electron chi connectivity index (χ3n) is 5.16. The fraction of sp³-hybridized carbons (Fsp3) is 0.778. The first-order valence-corrected chi connectivity index (χ1v) is 8.74. The maximum Gasteiger partial charge on any atom is 0.117 e. The number of nitrogens with zero attached hydrogens (tertiary/aromatic N) is 1. The Hall–Kier alpha value is -0.800. The molecule has 0 bridgehead atoms. The van der Waals surface area contributed by atoms with Gasteiger partial charge in [-0.2, -0.15) is 0 Å². The van der Waals surface area contributed by atoms with Crippen molar-refractivity contribution >= 4 is 0 Å². The molecule has 118 valence electrons. The largest absolute Gasteiger partial charge is 0.464 e. The molecule has 2 unspecified atom stereocenters. The summed E-state index contributed by atoms with van der Waals surface area (Å²) in [6.07, 6.45) is 5.29. The zero-order valence-electron chi connectivity index (χ0n) is 13.6. The van der Waals surface area contributed by atoms with E-state index in [1.54, 1.807) is 0 Å². The topological polar surface area (TPSA) is 28.4 Å². The summed E-state index contributed by atoms with van der Waals surface area (Å²) >= 11 is 0. The van der Waals surface area contributed by atoms with E-state index in [0.29, 0.717) is 5.92 Å². The van der Waals surface area contributed by atoms with Crippen LogP contribution in [0.3, 0.4) is 0 Å². The average molecular weight is 290 g/mol. The zero-order chi connectivity index (χ0) is 14.7. The van der Waals surface area contributed by atoms with Gasteiger partial charge in [0.2, 0.25) is 0 Å². The highest BCUT2D eigenvalue weighted by atomic mass is 16.3. The van der Waals surface area contributed by atoms with Crippen molar-refractivity contribution < 1.29 is 4.42 Å². The highest BCUT2D eigenvalue weighted by molar-refractivity contribution is 5.17. The fourth-order valence-corrected chi connectivity index (χ4v) is 3.33. The molecule has 0 radical (unpaired) electrons. The molecule has 2 fully saturated rings. The Morgan fingerprint density at radius 2 is 2.00 bits per heavy atom. The second-order valence-electron chi connectivity index (χ2n) is 7.18. The monoisotopic (exact) mass is 290 g/mol. The lowest BCUT2D eigenvalue weighted by atomic mass is 9.99. The Kier molecular flexibility index (Phi) is 5.02. The van der Waals surface area contributed by atoms with Crippen LogP contribution in [-0.2, 0) is 6.54 Å². The van der Waals surface area contributed by atoms with Gasteiger partial charge in [-0.1, -0.05) is 13.8 Å². The van der Waals surface area contributed by atoms with Crippen molar-refractivity contribution in [1.82, 2.24) is 10.2 Å². The number of hydrogen-bond donors (Lipinski definition) is 1. The van der Waals surface area contributed by atoms with Gasteiger partial charge in [0.05, 0.1) is 6.54 Å². The quantitative estimate of drug-likeness (QED) is 0.778. The molecular weight excluding hydrogens is 260 g/mol. The summed E-state index contributed by atoms with van der Waals surface area (Å²) in [5, 5.41) is 3.51. The first-order chi connectivity index (χ1) is 10.2. The standard InChI is InChI=1S/C18H30N2O/c1-14-6-10-20(11-7-14)9-3-8-19-13-16-4-5-18(21-16)17-12-15(17)2/h4-5,14-15,17,19H,3,6-13H2,1-2H3. The minimum Gasteiger partial charge on any atom is -0.464 e. The smallest absolute Gasteiger partial charge is 0.117 e. The van der Waals surface area contributed by atoms with Crippen molar-refractivity contribution in [2.75, 3.05) is 26.2 Å². The van der Waals surface area contributed by atoms with Crippen molar-refractivity contribution in [3.05, 3.63) is 23.7 Å². The Morgan fingerprint density at radius 1 is 1.24 bits per heavy atom. The van der Waals surface area contributed by atoms with Gasteiger partial charge in [0.25, 0.3) is 0 Å². The summed E-state index contributed by atoms with van der Waals surface area (Å²) < 4.78 is 5.91. The van der Waals surface area contributed by atoms with Crippen LogP contribution < -0.4 is 5.32 Å². The lowest BCUT2D eigenvalue weighted by molar-refractivity contribution is 0.190. The first kappa shape index (κ1) is 15.1. The van der Waals surface area contributed by atoms with Gasteiger partial charge < -0.3 is 14.6 Å². The van der Waals surface area contributed by atoms with E-state index < -0.39 is 0 Å².